The third kappa shape index (κ3) is 3.88. The van der Waals surface area contributed by atoms with Crippen molar-refractivity contribution in [2.24, 2.45) is 0 Å². The molecular formula is C24H20F3N7O2. The number of alkyl halides is 3. The molecule has 2 atom stereocenters. The molecule has 1 saturated carbocycles. The van der Waals surface area contributed by atoms with Gasteiger partial charge in [-0.15, -0.1) is 0 Å². The first-order valence-corrected chi connectivity index (χ1v) is 11.2. The third-order valence-electron chi connectivity index (χ3n) is 6.32. The van der Waals surface area contributed by atoms with Gasteiger partial charge in [-0.2, -0.15) is 23.3 Å². The molecule has 0 N–H and O–H groups in total. The Hall–Kier alpha value is -4.22. The summed E-state index contributed by atoms with van der Waals surface area (Å²) in [6.07, 6.45) is 2.91. The molecule has 1 aliphatic rings. The number of imidazole rings is 1. The van der Waals surface area contributed by atoms with Gasteiger partial charge in [0.05, 0.1) is 25.5 Å². The fourth-order valence-corrected chi connectivity index (χ4v) is 4.59. The second-order valence-corrected chi connectivity index (χ2v) is 8.62. The second kappa shape index (κ2) is 8.18. The molecule has 1 fully saturated rings. The number of methoxy groups -OCH3 is 2. The van der Waals surface area contributed by atoms with Crippen molar-refractivity contribution in [3.63, 3.8) is 0 Å². The lowest BCUT2D eigenvalue weighted by Crippen LogP contribution is -2.17. The van der Waals surface area contributed by atoms with E-state index in [-0.39, 0.29) is 17.8 Å². The van der Waals surface area contributed by atoms with Crippen molar-refractivity contribution in [1.29, 1.82) is 0 Å². The number of nitrogens with zero attached hydrogens (tertiary/aromatic N) is 7. The molecule has 0 aliphatic heterocycles. The summed E-state index contributed by atoms with van der Waals surface area (Å²) in [5.41, 5.74) is 3.95. The molecule has 36 heavy (non-hydrogen) atoms. The van der Waals surface area contributed by atoms with E-state index in [0.29, 0.717) is 33.8 Å². The molecule has 5 aromatic heterocycles. The van der Waals surface area contributed by atoms with E-state index in [4.69, 9.17) is 9.47 Å². The highest BCUT2D eigenvalue weighted by Gasteiger charge is 2.43. The van der Waals surface area contributed by atoms with E-state index in [0.717, 1.165) is 22.2 Å². The van der Waals surface area contributed by atoms with E-state index < -0.39 is 12.7 Å². The van der Waals surface area contributed by atoms with Crippen molar-refractivity contribution < 1.29 is 22.6 Å². The van der Waals surface area contributed by atoms with Crippen molar-refractivity contribution in [3.8, 4) is 23.1 Å². The quantitative estimate of drug-likeness (QED) is 0.345. The fourth-order valence-electron chi connectivity index (χ4n) is 4.59. The Morgan fingerprint density at radius 1 is 1.00 bits per heavy atom. The van der Waals surface area contributed by atoms with E-state index in [9.17, 15) is 13.2 Å². The van der Waals surface area contributed by atoms with Gasteiger partial charge in [-0.1, -0.05) is 0 Å². The summed E-state index contributed by atoms with van der Waals surface area (Å²) in [5.74, 6) is 0.454. The van der Waals surface area contributed by atoms with Gasteiger partial charge in [0.25, 0.3) is 0 Å². The summed E-state index contributed by atoms with van der Waals surface area (Å²) in [6, 6.07) is 7.47. The van der Waals surface area contributed by atoms with Crippen LogP contribution in [0.3, 0.4) is 0 Å². The molecule has 0 bridgehead atoms. The minimum atomic E-state index is -4.32. The van der Waals surface area contributed by atoms with E-state index >= 15 is 0 Å². The number of ether oxygens (including phenoxy) is 2. The van der Waals surface area contributed by atoms with Gasteiger partial charge >= 0.3 is 12.2 Å². The Bertz CT molecular complexity index is 1590. The van der Waals surface area contributed by atoms with E-state index in [1.807, 2.05) is 18.2 Å². The summed E-state index contributed by atoms with van der Waals surface area (Å²) in [7, 11) is 2.98. The van der Waals surface area contributed by atoms with Crippen molar-refractivity contribution in [2.45, 2.75) is 31.0 Å². The monoisotopic (exact) mass is 495 g/mol. The first-order chi connectivity index (χ1) is 17.3. The predicted octanol–water partition coefficient (Wildman–Crippen LogP) is 4.39. The standard InChI is InChI=1S/C24H20F3N7O2/c1-35-22-17(11-29-23(31-22)36-2)19-10-16(21-28-6-8-34(21)32-19)14-9-15(14)18-4-3-13-5-7-33(20(13)30-18)12-24(25,26)27/h3-8,10-11,14-15H,9,12H2,1-2H3. The van der Waals surface area contributed by atoms with Gasteiger partial charge in [-0.3, -0.25) is 0 Å². The van der Waals surface area contributed by atoms with Gasteiger partial charge in [0, 0.05) is 47.3 Å². The average molecular weight is 495 g/mol. The van der Waals surface area contributed by atoms with Crippen LogP contribution in [-0.2, 0) is 6.54 Å². The molecule has 1 aliphatic carbocycles. The zero-order chi connectivity index (χ0) is 25.0. The van der Waals surface area contributed by atoms with E-state index in [2.05, 4.69) is 25.0 Å². The number of fused-ring (bicyclic) bond motifs is 2. The lowest BCUT2D eigenvalue weighted by atomic mass is 10.1. The maximum atomic E-state index is 13.0. The molecule has 0 amide bonds. The molecule has 2 unspecified atom stereocenters. The van der Waals surface area contributed by atoms with Crippen LogP contribution in [0.1, 0.15) is 29.5 Å². The summed E-state index contributed by atoms with van der Waals surface area (Å²) in [4.78, 5) is 17.5. The van der Waals surface area contributed by atoms with Crippen LogP contribution in [0, 0.1) is 0 Å². The number of aromatic nitrogens is 7. The summed E-state index contributed by atoms with van der Waals surface area (Å²) < 4.78 is 52.4. The van der Waals surface area contributed by atoms with E-state index in [1.165, 1.54) is 20.4 Å². The number of rotatable bonds is 6. The van der Waals surface area contributed by atoms with Gasteiger partial charge in [-0.05, 0) is 36.6 Å². The molecule has 0 spiro atoms. The van der Waals surface area contributed by atoms with Crippen LogP contribution in [-0.4, -0.2) is 54.5 Å². The summed E-state index contributed by atoms with van der Waals surface area (Å²) in [6.45, 7) is -1.07. The fraction of sp³-hybridized carbons (Fsp3) is 0.292. The first kappa shape index (κ1) is 22.3. The Morgan fingerprint density at radius 3 is 2.64 bits per heavy atom. The second-order valence-electron chi connectivity index (χ2n) is 8.62. The molecule has 5 aromatic rings. The highest BCUT2D eigenvalue weighted by Crippen LogP contribution is 2.55. The van der Waals surface area contributed by atoms with Crippen molar-refractivity contribution in [1.82, 2.24) is 34.1 Å². The SMILES string of the molecule is COc1ncc(-c2cc(C3CC3c3ccc4ccn(CC(F)(F)F)c4n3)c3nccn3n2)c(OC)n1. The molecule has 9 nitrogen and oxygen atoms in total. The Morgan fingerprint density at radius 2 is 1.86 bits per heavy atom. The average Bonchev–Trinajstić information content (AvgIpc) is 3.35. The number of pyridine rings is 1. The van der Waals surface area contributed by atoms with Crippen LogP contribution in [0.5, 0.6) is 11.9 Å². The van der Waals surface area contributed by atoms with Gasteiger partial charge < -0.3 is 14.0 Å². The minimum Gasteiger partial charge on any atom is -0.480 e. The molecule has 0 aromatic carbocycles. The lowest BCUT2D eigenvalue weighted by Gasteiger charge is -2.11. The molecular weight excluding hydrogens is 475 g/mol. The van der Waals surface area contributed by atoms with Crippen molar-refractivity contribution >= 4 is 16.7 Å². The Labute approximate surface area is 202 Å². The Kier molecular flexibility index (Phi) is 5.06. The van der Waals surface area contributed by atoms with Gasteiger partial charge in [0.15, 0.2) is 5.65 Å². The number of halogens is 3. The highest BCUT2D eigenvalue weighted by molar-refractivity contribution is 5.76. The van der Waals surface area contributed by atoms with Crippen LogP contribution in [0.25, 0.3) is 27.9 Å². The third-order valence-corrected chi connectivity index (χ3v) is 6.32. The van der Waals surface area contributed by atoms with Crippen molar-refractivity contribution in [2.75, 3.05) is 14.2 Å². The van der Waals surface area contributed by atoms with Crippen LogP contribution in [0.15, 0.2) is 49.1 Å². The smallest absolute Gasteiger partial charge is 0.406 e. The molecule has 5 heterocycles. The molecule has 0 saturated heterocycles. The van der Waals surface area contributed by atoms with Gasteiger partial charge in [-0.25, -0.2) is 19.5 Å². The molecule has 0 radical (unpaired) electrons. The minimum absolute atomic E-state index is 0.0494. The summed E-state index contributed by atoms with van der Waals surface area (Å²) in [5, 5.41) is 5.32. The zero-order valence-electron chi connectivity index (χ0n) is 19.3. The Balaban J connectivity index is 1.37. The normalized spacial score (nSPS) is 17.6. The number of hydrogen-bond acceptors (Lipinski definition) is 7. The maximum absolute atomic E-state index is 13.0. The highest BCUT2D eigenvalue weighted by atomic mass is 19.4. The zero-order valence-corrected chi connectivity index (χ0v) is 19.3. The van der Waals surface area contributed by atoms with Gasteiger partial charge in [0.1, 0.15) is 12.2 Å². The van der Waals surface area contributed by atoms with E-state index in [1.54, 1.807) is 29.2 Å². The largest absolute Gasteiger partial charge is 0.480 e. The molecule has 12 heteroatoms. The molecule has 184 valence electrons. The van der Waals surface area contributed by atoms with Crippen molar-refractivity contribution in [3.05, 3.63) is 60.3 Å². The first-order valence-electron chi connectivity index (χ1n) is 11.2. The lowest BCUT2D eigenvalue weighted by molar-refractivity contribution is -0.139. The predicted molar refractivity (Wildman–Crippen MR) is 123 cm³/mol. The van der Waals surface area contributed by atoms with Crippen LogP contribution in [0.4, 0.5) is 13.2 Å². The van der Waals surface area contributed by atoms with Crippen LogP contribution in [0.2, 0.25) is 0 Å². The maximum Gasteiger partial charge on any atom is 0.406 e. The number of hydrogen-bond donors (Lipinski definition) is 0. The van der Waals surface area contributed by atoms with Crippen LogP contribution < -0.4 is 9.47 Å². The van der Waals surface area contributed by atoms with Gasteiger partial charge in [0.2, 0.25) is 5.88 Å². The topological polar surface area (TPSA) is 92.2 Å². The molecule has 6 rings (SSSR count). The summed E-state index contributed by atoms with van der Waals surface area (Å²) >= 11 is 0. The van der Waals surface area contributed by atoms with Crippen LogP contribution >= 0.6 is 0 Å².